The van der Waals surface area contributed by atoms with Crippen molar-refractivity contribution in [3.05, 3.63) is 86.0 Å². The van der Waals surface area contributed by atoms with Crippen LogP contribution in [0.15, 0.2) is 48.7 Å². The normalized spacial score (nSPS) is 11.9. The number of carbonyl (C=O) groups is 2. The first kappa shape index (κ1) is 26.5. The fourth-order valence-electron chi connectivity index (χ4n) is 3.41. The predicted molar refractivity (Wildman–Crippen MR) is 140 cm³/mol. The first-order chi connectivity index (χ1) is 16.3. The average Bonchev–Trinajstić information content (AvgIpc) is 3.66. The summed E-state index contributed by atoms with van der Waals surface area (Å²) in [6, 6.07) is 11.1. The standard InChI is InChI=1S/C24H19Cl3N4O3.CH4/c1-34-21-10-15(26)9-18(24(33)30-22-5-3-14(25)12-29-22)17(21)11-20(32)16-4-2-13(8-19(16)27)23(28)31-6-7-31;/h2-5,8-10,12,28H,6-7,11H2,1H3,(H,29,30,33);1H4. The molecular weight excluding hydrogens is 511 g/mol. The summed E-state index contributed by atoms with van der Waals surface area (Å²) in [5, 5.41) is 11.8. The molecule has 4 rings (SSSR count). The molecule has 1 saturated heterocycles. The van der Waals surface area contributed by atoms with Crippen molar-refractivity contribution in [2.45, 2.75) is 13.8 Å². The number of methoxy groups -OCH3 is 1. The van der Waals surface area contributed by atoms with Gasteiger partial charge in [-0.05, 0) is 36.4 Å². The summed E-state index contributed by atoms with van der Waals surface area (Å²) < 4.78 is 5.42. The molecule has 0 saturated carbocycles. The van der Waals surface area contributed by atoms with Crippen molar-refractivity contribution >= 4 is 58.1 Å². The van der Waals surface area contributed by atoms with Gasteiger partial charge in [-0.2, -0.15) is 0 Å². The second-order valence-corrected chi connectivity index (χ2v) is 8.86. The number of ketones is 1. The highest BCUT2D eigenvalue weighted by atomic mass is 35.5. The zero-order valence-electron chi connectivity index (χ0n) is 18.0. The Hall–Kier alpha value is -3.13. The van der Waals surface area contributed by atoms with Crippen molar-refractivity contribution in [3.63, 3.8) is 0 Å². The Morgan fingerprint density at radius 2 is 1.80 bits per heavy atom. The van der Waals surface area contributed by atoms with Crippen molar-refractivity contribution in [2.24, 2.45) is 0 Å². The molecule has 2 aromatic carbocycles. The van der Waals surface area contributed by atoms with E-state index in [2.05, 4.69) is 10.3 Å². The maximum absolute atomic E-state index is 13.2. The minimum absolute atomic E-state index is 0. The van der Waals surface area contributed by atoms with Crippen LogP contribution in [0.2, 0.25) is 15.1 Å². The minimum Gasteiger partial charge on any atom is -0.496 e. The van der Waals surface area contributed by atoms with Gasteiger partial charge in [0.05, 0.1) is 17.2 Å². The summed E-state index contributed by atoms with van der Waals surface area (Å²) in [5.74, 6) is 0.139. The number of aromatic nitrogens is 1. The van der Waals surface area contributed by atoms with Crippen LogP contribution in [-0.2, 0) is 6.42 Å². The van der Waals surface area contributed by atoms with E-state index in [9.17, 15) is 9.59 Å². The van der Waals surface area contributed by atoms with Crippen molar-refractivity contribution in [3.8, 4) is 5.75 Å². The number of carbonyl (C=O) groups excluding carboxylic acids is 2. The van der Waals surface area contributed by atoms with E-state index in [0.29, 0.717) is 27.7 Å². The zero-order valence-corrected chi connectivity index (χ0v) is 20.3. The van der Waals surface area contributed by atoms with Crippen molar-refractivity contribution in [1.82, 2.24) is 9.88 Å². The molecule has 7 nitrogen and oxygen atoms in total. The third-order valence-electron chi connectivity index (χ3n) is 5.25. The van der Waals surface area contributed by atoms with Gasteiger partial charge in [-0.15, -0.1) is 0 Å². The molecule has 1 aromatic heterocycles. The molecule has 2 N–H and O–H groups in total. The Kier molecular flexibility index (Phi) is 8.38. The van der Waals surface area contributed by atoms with Gasteiger partial charge in [-0.3, -0.25) is 15.0 Å². The van der Waals surface area contributed by atoms with Gasteiger partial charge in [0, 0.05) is 53.0 Å². The Morgan fingerprint density at radius 1 is 1.06 bits per heavy atom. The molecule has 1 amide bonds. The second-order valence-electron chi connectivity index (χ2n) is 7.58. The highest BCUT2D eigenvalue weighted by molar-refractivity contribution is 6.34. The number of amidine groups is 1. The van der Waals surface area contributed by atoms with Crippen molar-refractivity contribution in [1.29, 1.82) is 5.41 Å². The van der Waals surface area contributed by atoms with E-state index in [-0.39, 0.29) is 46.6 Å². The third kappa shape index (κ3) is 6.11. The van der Waals surface area contributed by atoms with E-state index in [4.69, 9.17) is 44.9 Å². The SMILES string of the molecule is C.COc1cc(Cl)cc(C(=O)Nc2ccc(Cl)cn2)c1CC(=O)c1ccc(C(=N)N2CC2)cc1Cl. The lowest BCUT2D eigenvalue weighted by molar-refractivity contribution is 0.0991. The number of hydrogen-bond acceptors (Lipinski definition) is 5. The second kappa shape index (κ2) is 11.1. The summed E-state index contributed by atoms with van der Waals surface area (Å²) in [4.78, 5) is 32.2. The van der Waals surface area contributed by atoms with Crippen LogP contribution >= 0.6 is 34.8 Å². The van der Waals surface area contributed by atoms with Crippen molar-refractivity contribution in [2.75, 3.05) is 25.5 Å². The van der Waals surface area contributed by atoms with Gasteiger partial charge < -0.3 is 15.0 Å². The summed E-state index contributed by atoms with van der Waals surface area (Å²) in [5.41, 5.74) is 1.45. The lowest BCUT2D eigenvalue weighted by atomic mass is 9.96. The van der Waals surface area contributed by atoms with E-state index in [1.54, 1.807) is 30.3 Å². The number of nitrogens with zero attached hydrogens (tertiary/aromatic N) is 2. The van der Waals surface area contributed by atoms with Crippen molar-refractivity contribution < 1.29 is 14.3 Å². The van der Waals surface area contributed by atoms with Crippen LogP contribution in [0.5, 0.6) is 5.75 Å². The molecule has 0 atom stereocenters. The van der Waals surface area contributed by atoms with Crippen LogP contribution in [0.4, 0.5) is 5.82 Å². The molecule has 0 bridgehead atoms. The Bertz CT molecular complexity index is 1290. The zero-order chi connectivity index (χ0) is 24.4. The molecule has 2 heterocycles. The Morgan fingerprint density at radius 3 is 2.40 bits per heavy atom. The Balaban J connectivity index is 0.00000342. The fraction of sp³-hybridized carbons (Fsp3) is 0.200. The number of ether oxygens (including phenoxy) is 1. The number of anilines is 1. The summed E-state index contributed by atoms with van der Waals surface area (Å²) in [7, 11) is 1.43. The molecular formula is C25H23Cl3N4O3. The number of Topliss-reactive ketones (excluding diaryl/α,β-unsaturated/α-hetero) is 1. The van der Waals surface area contributed by atoms with E-state index >= 15 is 0 Å². The number of benzene rings is 2. The average molecular weight is 534 g/mol. The topological polar surface area (TPSA) is 95.1 Å². The first-order valence-corrected chi connectivity index (χ1v) is 11.4. The van der Waals surface area contributed by atoms with E-state index in [1.807, 2.05) is 4.90 Å². The molecule has 0 spiro atoms. The molecule has 10 heteroatoms. The van der Waals surface area contributed by atoms with Gasteiger partial charge in [0.15, 0.2) is 5.78 Å². The summed E-state index contributed by atoms with van der Waals surface area (Å²) in [6.07, 6.45) is 1.26. The lowest BCUT2D eigenvalue weighted by Gasteiger charge is -2.15. The molecule has 0 unspecified atom stereocenters. The van der Waals surface area contributed by atoms with Gasteiger partial charge in [-0.1, -0.05) is 48.3 Å². The monoisotopic (exact) mass is 532 g/mol. The largest absolute Gasteiger partial charge is 0.496 e. The van der Waals surface area contributed by atoms with Crippen LogP contribution in [0.25, 0.3) is 0 Å². The number of nitrogens with one attached hydrogen (secondary N) is 2. The molecule has 35 heavy (non-hydrogen) atoms. The maximum Gasteiger partial charge on any atom is 0.257 e. The van der Waals surface area contributed by atoms with Gasteiger partial charge in [0.2, 0.25) is 0 Å². The summed E-state index contributed by atoms with van der Waals surface area (Å²) in [6.45, 7) is 1.67. The quantitative estimate of drug-likeness (QED) is 0.168. The maximum atomic E-state index is 13.2. The van der Waals surface area contributed by atoms with Crippen LogP contribution in [0, 0.1) is 5.41 Å². The molecule has 1 fully saturated rings. The van der Waals surface area contributed by atoms with E-state index in [1.165, 1.54) is 25.4 Å². The molecule has 182 valence electrons. The first-order valence-electron chi connectivity index (χ1n) is 10.2. The fourth-order valence-corrected chi connectivity index (χ4v) is 4.02. The molecule has 3 aromatic rings. The lowest BCUT2D eigenvalue weighted by Crippen LogP contribution is -2.18. The number of halogens is 3. The number of amides is 1. The minimum atomic E-state index is -0.508. The Labute approximate surface area is 218 Å². The van der Waals surface area contributed by atoms with Crippen LogP contribution in [0.3, 0.4) is 0 Å². The number of hydrogen-bond donors (Lipinski definition) is 2. The van der Waals surface area contributed by atoms with Crippen LogP contribution in [-0.4, -0.2) is 47.6 Å². The molecule has 0 radical (unpaired) electrons. The highest BCUT2D eigenvalue weighted by Gasteiger charge is 2.25. The van der Waals surface area contributed by atoms with Crippen LogP contribution in [0.1, 0.15) is 39.3 Å². The highest BCUT2D eigenvalue weighted by Crippen LogP contribution is 2.31. The number of pyridine rings is 1. The molecule has 0 aliphatic carbocycles. The van der Waals surface area contributed by atoms with Gasteiger partial charge in [0.1, 0.15) is 17.4 Å². The van der Waals surface area contributed by atoms with Gasteiger partial charge >= 0.3 is 0 Å². The molecule has 1 aliphatic heterocycles. The smallest absolute Gasteiger partial charge is 0.257 e. The molecule has 1 aliphatic rings. The predicted octanol–water partition coefficient (Wildman–Crippen LogP) is 6.01. The van der Waals surface area contributed by atoms with Crippen LogP contribution < -0.4 is 10.1 Å². The van der Waals surface area contributed by atoms with Gasteiger partial charge in [-0.25, -0.2) is 4.98 Å². The van der Waals surface area contributed by atoms with E-state index in [0.717, 1.165) is 13.1 Å². The number of rotatable bonds is 7. The van der Waals surface area contributed by atoms with Gasteiger partial charge in [0.25, 0.3) is 5.91 Å². The van der Waals surface area contributed by atoms with E-state index < -0.39 is 5.91 Å². The third-order valence-corrected chi connectivity index (χ3v) is 6.01. The summed E-state index contributed by atoms with van der Waals surface area (Å²) >= 11 is 18.4.